The van der Waals surface area contributed by atoms with Crippen LogP contribution in [0.3, 0.4) is 0 Å². The van der Waals surface area contributed by atoms with Crippen LogP contribution in [0.25, 0.3) is 22.4 Å². The lowest BCUT2D eigenvalue weighted by atomic mass is 10.2. The van der Waals surface area contributed by atoms with Gasteiger partial charge < -0.3 is 9.72 Å². The second-order valence-electron chi connectivity index (χ2n) is 4.24. The normalized spacial score (nSPS) is 11.1. The van der Waals surface area contributed by atoms with Crippen LogP contribution in [0.4, 0.5) is 0 Å². The van der Waals surface area contributed by atoms with Crippen molar-refractivity contribution in [1.82, 2.24) is 19.7 Å². The number of hydrogen-bond donors (Lipinski definition) is 1. The number of H-pyrrole nitrogens is 1. The molecule has 0 aliphatic heterocycles. The molecule has 3 aromatic rings. The Bertz CT molecular complexity index is 711. The molecule has 0 spiro atoms. The first-order chi connectivity index (χ1) is 8.69. The van der Waals surface area contributed by atoms with Gasteiger partial charge in [0, 0.05) is 18.8 Å². The molecule has 92 valence electrons. The Hall–Kier alpha value is -2.30. The van der Waals surface area contributed by atoms with E-state index in [1.807, 2.05) is 43.0 Å². The molecule has 0 atom stereocenters. The highest BCUT2D eigenvalue weighted by molar-refractivity contribution is 5.81. The fraction of sp³-hybridized carbons (Fsp3) is 0.231. The van der Waals surface area contributed by atoms with Crippen molar-refractivity contribution in [2.75, 3.05) is 7.11 Å². The first kappa shape index (κ1) is 10.8. The van der Waals surface area contributed by atoms with Crippen molar-refractivity contribution < 1.29 is 4.74 Å². The van der Waals surface area contributed by atoms with E-state index in [-0.39, 0.29) is 0 Å². The van der Waals surface area contributed by atoms with Crippen molar-refractivity contribution in [1.29, 1.82) is 0 Å². The van der Waals surface area contributed by atoms with Crippen molar-refractivity contribution in [3.8, 4) is 17.1 Å². The molecule has 0 fully saturated rings. The number of imidazole rings is 1. The molecule has 1 N–H and O–H groups in total. The second kappa shape index (κ2) is 3.87. The third kappa shape index (κ3) is 1.55. The lowest BCUT2D eigenvalue weighted by Crippen LogP contribution is -1.92. The maximum absolute atomic E-state index is 5.20. The summed E-state index contributed by atoms with van der Waals surface area (Å²) in [5, 5.41) is 4.23. The summed E-state index contributed by atoms with van der Waals surface area (Å²) < 4.78 is 7.04. The highest BCUT2D eigenvalue weighted by atomic mass is 16.5. The van der Waals surface area contributed by atoms with Crippen LogP contribution in [0.2, 0.25) is 0 Å². The molecule has 5 nitrogen and oxygen atoms in total. The number of nitrogens with one attached hydrogen (secondary N) is 1. The standard InChI is InChI=1S/C13H14N4O/c1-8-10(7-14-17(8)2)13-15-11-5-4-9(18-3)6-12(11)16-13/h4-7H,1-3H3,(H,15,16). The largest absolute Gasteiger partial charge is 0.497 e. The van der Waals surface area contributed by atoms with Gasteiger partial charge in [0.1, 0.15) is 11.6 Å². The summed E-state index contributed by atoms with van der Waals surface area (Å²) >= 11 is 0. The van der Waals surface area contributed by atoms with E-state index in [0.29, 0.717) is 0 Å². The molecule has 18 heavy (non-hydrogen) atoms. The minimum atomic E-state index is 0.820. The van der Waals surface area contributed by atoms with E-state index in [9.17, 15) is 0 Å². The maximum Gasteiger partial charge on any atom is 0.141 e. The SMILES string of the molecule is COc1ccc2nc(-c3cnn(C)c3C)[nH]c2c1. The summed E-state index contributed by atoms with van der Waals surface area (Å²) in [4.78, 5) is 7.86. The zero-order valence-corrected chi connectivity index (χ0v) is 10.6. The average molecular weight is 242 g/mol. The van der Waals surface area contributed by atoms with E-state index < -0.39 is 0 Å². The van der Waals surface area contributed by atoms with E-state index >= 15 is 0 Å². The summed E-state index contributed by atoms with van der Waals surface area (Å²) in [6.45, 7) is 2.02. The van der Waals surface area contributed by atoms with Crippen molar-refractivity contribution in [3.63, 3.8) is 0 Å². The molecule has 0 saturated carbocycles. The molecule has 2 heterocycles. The third-order valence-corrected chi connectivity index (χ3v) is 3.18. The average Bonchev–Trinajstić information content (AvgIpc) is 2.93. The number of aromatic nitrogens is 4. The molecule has 0 saturated heterocycles. The minimum absolute atomic E-state index is 0.820. The van der Waals surface area contributed by atoms with Gasteiger partial charge in [-0.05, 0) is 19.1 Å². The zero-order chi connectivity index (χ0) is 12.7. The van der Waals surface area contributed by atoms with Crippen LogP contribution in [0.5, 0.6) is 5.75 Å². The topological polar surface area (TPSA) is 55.7 Å². The van der Waals surface area contributed by atoms with Crippen LogP contribution in [-0.2, 0) is 7.05 Å². The molecule has 0 aliphatic rings. The maximum atomic E-state index is 5.20. The van der Waals surface area contributed by atoms with E-state index in [0.717, 1.165) is 33.9 Å². The number of nitrogens with zero attached hydrogens (tertiary/aromatic N) is 3. The Morgan fingerprint density at radius 3 is 2.83 bits per heavy atom. The Balaban J connectivity index is 2.16. The summed E-state index contributed by atoms with van der Waals surface area (Å²) in [6.07, 6.45) is 1.82. The number of fused-ring (bicyclic) bond motifs is 1. The first-order valence-electron chi connectivity index (χ1n) is 5.72. The Kier molecular flexibility index (Phi) is 2.33. The first-order valence-corrected chi connectivity index (χ1v) is 5.72. The van der Waals surface area contributed by atoms with E-state index in [4.69, 9.17) is 4.74 Å². The predicted molar refractivity (Wildman–Crippen MR) is 69.6 cm³/mol. The quantitative estimate of drug-likeness (QED) is 0.750. The van der Waals surface area contributed by atoms with E-state index in [2.05, 4.69) is 15.1 Å². The molecule has 5 heteroatoms. The molecular weight excluding hydrogens is 228 g/mol. The molecule has 0 aliphatic carbocycles. The van der Waals surface area contributed by atoms with Gasteiger partial charge in [-0.15, -0.1) is 0 Å². The highest BCUT2D eigenvalue weighted by Gasteiger charge is 2.11. The molecular formula is C13H14N4O. The predicted octanol–water partition coefficient (Wildman–Crippen LogP) is 2.28. The van der Waals surface area contributed by atoms with Gasteiger partial charge in [-0.1, -0.05) is 0 Å². The number of aromatic amines is 1. The van der Waals surface area contributed by atoms with Crippen LogP contribution >= 0.6 is 0 Å². The van der Waals surface area contributed by atoms with Gasteiger partial charge in [-0.3, -0.25) is 4.68 Å². The zero-order valence-electron chi connectivity index (χ0n) is 10.6. The molecule has 0 unspecified atom stereocenters. The number of aryl methyl sites for hydroxylation is 1. The van der Waals surface area contributed by atoms with Crippen LogP contribution < -0.4 is 4.74 Å². The van der Waals surface area contributed by atoms with Crippen LogP contribution in [0.15, 0.2) is 24.4 Å². The van der Waals surface area contributed by atoms with Gasteiger partial charge in [0.2, 0.25) is 0 Å². The fourth-order valence-electron chi connectivity index (χ4n) is 1.97. The molecule has 1 aromatic carbocycles. The van der Waals surface area contributed by atoms with Gasteiger partial charge in [0.25, 0.3) is 0 Å². The number of benzene rings is 1. The number of rotatable bonds is 2. The molecule has 2 aromatic heterocycles. The summed E-state index contributed by atoms with van der Waals surface area (Å²) in [6, 6.07) is 5.79. The van der Waals surface area contributed by atoms with Crippen LogP contribution in [-0.4, -0.2) is 26.9 Å². The second-order valence-corrected chi connectivity index (χ2v) is 4.24. The van der Waals surface area contributed by atoms with Gasteiger partial charge >= 0.3 is 0 Å². The molecule has 0 amide bonds. The Labute approximate surface area is 104 Å². The smallest absolute Gasteiger partial charge is 0.141 e. The number of ether oxygens (including phenoxy) is 1. The summed E-state index contributed by atoms with van der Waals surface area (Å²) in [7, 11) is 3.58. The Morgan fingerprint density at radius 1 is 1.33 bits per heavy atom. The van der Waals surface area contributed by atoms with Crippen molar-refractivity contribution >= 4 is 11.0 Å². The summed E-state index contributed by atoms with van der Waals surface area (Å²) in [5.41, 5.74) is 4.00. The van der Waals surface area contributed by atoms with Gasteiger partial charge in [-0.2, -0.15) is 5.10 Å². The minimum Gasteiger partial charge on any atom is -0.497 e. The van der Waals surface area contributed by atoms with E-state index in [1.165, 1.54) is 0 Å². The Morgan fingerprint density at radius 2 is 2.17 bits per heavy atom. The third-order valence-electron chi connectivity index (χ3n) is 3.18. The van der Waals surface area contributed by atoms with Crippen LogP contribution in [0, 0.1) is 6.92 Å². The van der Waals surface area contributed by atoms with Crippen molar-refractivity contribution in [2.24, 2.45) is 7.05 Å². The fourth-order valence-corrected chi connectivity index (χ4v) is 1.97. The molecule has 0 bridgehead atoms. The lowest BCUT2D eigenvalue weighted by molar-refractivity contribution is 0.415. The number of methoxy groups -OCH3 is 1. The van der Waals surface area contributed by atoms with Crippen LogP contribution in [0.1, 0.15) is 5.69 Å². The number of hydrogen-bond acceptors (Lipinski definition) is 3. The van der Waals surface area contributed by atoms with Gasteiger partial charge in [-0.25, -0.2) is 4.98 Å². The molecule has 3 rings (SSSR count). The molecule has 0 radical (unpaired) electrons. The van der Waals surface area contributed by atoms with Gasteiger partial charge in [0.05, 0.1) is 29.9 Å². The van der Waals surface area contributed by atoms with Gasteiger partial charge in [0.15, 0.2) is 0 Å². The monoisotopic (exact) mass is 242 g/mol. The van der Waals surface area contributed by atoms with E-state index in [1.54, 1.807) is 7.11 Å². The van der Waals surface area contributed by atoms with Crippen molar-refractivity contribution in [2.45, 2.75) is 6.92 Å². The summed E-state index contributed by atoms with van der Waals surface area (Å²) in [5.74, 6) is 1.66. The lowest BCUT2D eigenvalue weighted by Gasteiger charge is -1.96. The van der Waals surface area contributed by atoms with Crippen molar-refractivity contribution in [3.05, 3.63) is 30.1 Å². The highest BCUT2D eigenvalue weighted by Crippen LogP contribution is 2.25.